The number of hydrogen-bond donors (Lipinski definition) is 2. The molecule has 0 spiro atoms. The second kappa shape index (κ2) is 5.50. The third-order valence-electron chi connectivity index (χ3n) is 8.69. The molecule has 0 radical (unpaired) electrons. The fraction of sp³-hybridized carbons (Fsp3) is 0.810. The first-order chi connectivity index (χ1) is 11.8. The Morgan fingerprint density at radius 2 is 1.92 bits per heavy atom. The number of aliphatic hydroxyl groups excluding tert-OH is 1. The van der Waals surface area contributed by atoms with E-state index in [1.54, 1.807) is 0 Å². The van der Waals surface area contributed by atoms with Gasteiger partial charge in [0.1, 0.15) is 18.0 Å². The Bertz CT molecular complexity index is 652. The minimum absolute atomic E-state index is 0.111. The molecule has 4 aliphatic carbocycles. The highest BCUT2D eigenvalue weighted by Crippen LogP contribution is 2.67. The van der Waals surface area contributed by atoms with Crippen molar-refractivity contribution in [1.82, 2.24) is 0 Å². The number of rotatable bonds is 2. The van der Waals surface area contributed by atoms with Crippen molar-refractivity contribution in [2.75, 3.05) is 6.61 Å². The summed E-state index contributed by atoms with van der Waals surface area (Å²) in [7, 11) is 0. The summed E-state index contributed by atoms with van der Waals surface area (Å²) >= 11 is 0. The standard InChI is InChI=1S/C21H30O4/c1-19-8-5-14(23)11-13(19)3-4-15-16(19)6-9-20(2)17(15)7-10-21(20,25)18(24)12-22/h3,15-17,22,25H,4-12H2,1-2H3/t15-,16+,17+,19+,20+,21+/m1/s1. The maximum Gasteiger partial charge on any atom is 0.190 e. The summed E-state index contributed by atoms with van der Waals surface area (Å²) in [6.07, 6.45) is 8.68. The predicted octanol–water partition coefficient (Wildman–Crippen LogP) is 2.81. The van der Waals surface area contributed by atoms with E-state index in [0.29, 0.717) is 42.8 Å². The van der Waals surface area contributed by atoms with Gasteiger partial charge in [0.15, 0.2) is 5.78 Å². The largest absolute Gasteiger partial charge is 0.388 e. The predicted molar refractivity (Wildman–Crippen MR) is 93.8 cm³/mol. The van der Waals surface area contributed by atoms with Crippen LogP contribution in [-0.4, -0.2) is 34.0 Å². The van der Waals surface area contributed by atoms with Crippen molar-refractivity contribution in [2.45, 2.75) is 70.8 Å². The van der Waals surface area contributed by atoms with Crippen LogP contribution in [0, 0.1) is 28.6 Å². The maximum absolute atomic E-state index is 12.3. The Labute approximate surface area is 149 Å². The van der Waals surface area contributed by atoms with E-state index >= 15 is 0 Å². The van der Waals surface area contributed by atoms with Crippen molar-refractivity contribution >= 4 is 11.6 Å². The van der Waals surface area contributed by atoms with Crippen LogP contribution in [0.3, 0.4) is 0 Å². The van der Waals surface area contributed by atoms with Gasteiger partial charge in [-0.25, -0.2) is 0 Å². The molecule has 0 aromatic heterocycles. The first-order valence-electron chi connectivity index (χ1n) is 9.84. The van der Waals surface area contributed by atoms with Crippen LogP contribution in [0.4, 0.5) is 0 Å². The summed E-state index contributed by atoms with van der Waals surface area (Å²) in [6, 6.07) is 0. The molecule has 25 heavy (non-hydrogen) atoms. The monoisotopic (exact) mass is 346 g/mol. The van der Waals surface area contributed by atoms with Crippen LogP contribution in [0.2, 0.25) is 0 Å². The van der Waals surface area contributed by atoms with E-state index in [1.165, 1.54) is 5.57 Å². The maximum atomic E-state index is 12.3. The molecule has 138 valence electrons. The number of Topliss-reactive ketones (excluding diaryl/α,β-unsaturated/α-hetero) is 2. The Morgan fingerprint density at radius 1 is 1.20 bits per heavy atom. The van der Waals surface area contributed by atoms with E-state index in [4.69, 9.17) is 0 Å². The summed E-state index contributed by atoms with van der Waals surface area (Å²) in [6.45, 7) is 3.84. The van der Waals surface area contributed by atoms with Crippen LogP contribution >= 0.6 is 0 Å². The highest BCUT2D eigenvalue weighted by Gasteiger charge is 2.65. The molecule has 0 unspecified atom stereocenters. The molecule has 3 saturated carbocycles. The third-order valence-corrected chi connectivity index (χ3v) is 8.69. The van der Waals surface area contributed by atoms with Crippen molar-refractivity contribution in [3.05, 3.63) is 11.6 Å². The van der Waals surface area contributed by atoms with Crippen molar-refractivity contribution in [2.24, 2.45) is 28.6 Å². The third kappa shape index (κ3) is 2.13. The fourth-order valence-electron chi connectivity index (χ4n) is 7.08. The molecule has 3 fully saturated rings. The minimum atomic E-state index is -1.37. The quantitative estimate of drug-likeness (QED) is 0.754. The van der Waals surface area contributed by atoms with E-state index in [2.05, 4.69) is 19.9 Å². The second-order valence-electron chi connectivity index (χ2n) is 9.41. The normalized spacial score (nSPS) is 49.0. The molecular weight excluding hydrogens is 316 g/mol. The van der Waals surface area contributed by atoms with Gasteiger partial charge < -0.3 is 10.2 Å². The van der Waals surface area contributed by atoms with Gasteiger partial charge >= 0.3 is 0 Å². The lowest BCUT2D eigenvalue weighted by Crippen LogP contribution is -2.57. The molecule has 4 nitrogen and oxygen atoms in total. The molecule has 2 N–H and O–H groups in total. The zero-order chi connectivity index (χ0) is 18.0. The Balaban J connectivity index is 1.69. The zero-order valence-electron chi connectivity index (χ0n) is 15.4. The molecule has 0 bridgehead atoms. The lowest BCUT2D eigenvalue weighted by Gasteiger charge is -2.58. The van der Waals surface area contributed by atoms with Crippen LogP contribution in [0.1, 0.15) is 65.2 Å². The van der Waals surface area contributed by atoms with Gasteiger partial charge in [0.05, 0.1) is 0 Å². The van der Waals surface area contributed by atoms with E-state index in [0.717, 1.165) is 32.1 Å². The summed E-state index contributed by atoms with van der Waals surface area (Å²) in [5.74, 6) is 1.30. The molecule has 0 aliphatic heterocycles. The van der Waals surface area contributed by atoms with E-state index in [-0.39, 0.29) is 5.41 Å². The topological polar surface area (TPSA) is 74.6 Å². The molecule has 4 heteroatoms. The Morgan fingerprint density at radius 3 is 2.64 bits per heavy atom. The average Bonchev–Trinajstić information content (AvgIpc) is 2.87. The van der Waals surface area contributed by atoms with Crippen LogP contribution in [-0.2, 0) is 9.59 Å². The number of hydrogen-bond acceptors (Lipinski definition) is 4. The van der Waals surface area contributed by atoms with Gasteiger partial charge in [-0.1, -0.05) is 25.5 Å². The number of carbonyl (C=O) groups excluding carboxylic acids is 2. The number of allylic oxidation sites excluding steroid dienone is 2. The summed E-state index contributed by atoms with van der Waals surface area (Å²) in [5.41, 5.74) is -0.349. The molecular formula is C21H30O4. The van der Waals surface area contributed by atoms with Crippen LogP contribution in [0.5, 0.6) is 0 Å². The summed E-state index contributed by atoms with van der Waals surface area (Å²) in [5, 5.41) is 20.5. The SMILES string of the molecule is C[C@]12CCC(=O)CC1=CC[C@@H]1[C@@H]2CC[C@@]2(C)[C@H]1CC[C@]2(O)C(=O)CO. The van der Waals surface area contributed by atoms with Crippen molar-refractivity contribution in [3.8, 4) is 0 Å². The fourth-order valence-corrected chi connectivity index (χ4v) is 7.08. The van der Waals surface area contributed by atoms with E-state index in [1.807, 2.05) is 0 Å². The smallest absolute Gasteiger partial charge is 0.190 e. The van der Waals surface area contributed by atoms with Crippen LogP contribution in [0.25, 0.3) is 0 Å². The van der Waals surface area contributed by atoms with Gasteiger partial charge in [-0.15, -0.1) is 0 Å². The molecule has 0 amide bonds. The lowest BCUT2D eigenvalue weighted by molar-refractivity contribution is -0.163. The van der Waals surface area contributed by atoms with Crippen LogP contribution < -0.4 is 0 Å². The van der Waals surface area contributed by atoms with Gasteiger partial charge in [0.2, 0.25) is 0 Å². The molecule has 0 heterocycles. The number of ketones is 2. The van der Waals surface area contributed by atoms with Crippen LogP contribution in [0.15, 0.2) is 11.6 Å². The zero-order valence-corrected chi connectivity index (χ0v) is 15.4. The van der Waals surface area contributed by atoms with Gasteiger partial charge in [-0.2, -0.15) is 0 Å². The highest BCUT2D eigenvalue weighted by molar-refractivity contribution is 5.89. The number of aliphatic hydroxyl groups is 2. The second-order valence-corrected chi connectivity index (χ2v) is 9.41. The number of fused-ring (bicyclic) bond motifs is 5. The molecule has 0 aromatic carbocycles. The van der Waals surface area contributed by atoms with Gasteiger partial charge in [-0.3, -0.25) is 9.59 Å². The molecule has 4 rings (SSSR count). The van der Waals surface area contributed by atoms with Gasteiger partial charge in [-0.05, 0) is 61.7 Å². The first kappa shape index (κ1) is 17.4. The molecule has 6 atom stereocenters. The highest BCUT2D eigenvalue weighted by atomic mass is 16.3. The van der Waals surface area contributed by atoms with E-state index in [9.17, 15) is 19.8 Å². The van der Waals surface area contributed by atoms with Gasteiger partial charge in [0, 0.05) is 18.3 Å². The van der Waals surface area contributed by atoms with Gasteiger partial charge in [0.25, 0.3) is 0 Å². The average molecular weight is 346 g/mol. The van der Waals surface area contributed by atoms with Crippen molar-refractivity contribution < 1.29 is 19.8 Å². The summed E-state index contributed by atoms with van der Waals surface area (Å²) in [4.78, 5) is 24.2. The van der Waals surface area contributed by atoms with Crippen molar-refractivity contribution in [1.29, 1.82) is 0 Å². The first-order valence-corrected chi connectivity index (χ1v) is 9.84. The van der Waals surface area contributed by atoms with Crippen molar-refractivity contribution in [3.63, 3.8) is 0 Å². The molecule has 0 saturated heterocycles. The minimum Gasteiger partial charge on any atom is -0.388 e. The molecule has 0 aromatic rings. The lowest BCUT2D eigenvalue weighted by atomic mass is 9.47. The summed E-state index contributed by atoms with van der Waals surface area (Å²) < 4.78 is 0. The molecule has 4 aliphatic rings. The Hall–Kier alpha value is -1.00. The Kier molecular flexibility index (Phi) is 3.83. The number of carbonyl (C=O) groups is 2. The van der Waals surface area contributed by atoms with E-state index < -0.39 is 23.4 Å².